The van der Waals surface area contributed by atoms with Crippen LogP contribution in [0.3, 0.4) is 0 Å². The van der Waals surface area contributed by atoms with Crippen molar-refractivity contribution in [3.05, 3.63) is 35.4 Å². The third-order valence-corrected chi connectivity index (χ3v) is 6.02. The minimum atomic E-state index is 0.276. The summed E-state index contributed by atoms with van der Waals surface area (Å²) in [5.41, 5.74) is 14.8. The molecule has 0 aliphatic rings. The third-order valence-electron chi connectivity index (χ3n) is 6.02. The molecule has 1 unspecified atom stereocenters. The largest absolute Gasteiger partial charge is 0.330 e. The van der Waals surface area contributed by atoms with Crippen LogP contribution in [0.25, 0.3) is 0 Å². The van der Waals surface area contributed by atoms with E-state index in [2.05, 4.69) is 76.0 Å². The Hall–Kier alpha value is -0.940. The summed E-state index contributed by atoms with van der Waals surface area (Å²) in [4.78, 5) is 2.50. The molecule has 180 valence electrons. The van der Waals surface area contributed by atoms with Crippen molar-refractivity contribution in [3.8, 4) is 0 Å². The minimum absolute atomic E-state index is 0.276. The van der Waals surface area contributed by atoms with E-state index in [1.807, 2.05) is 0 Å². The van der Waals surface area contributed by atoms with Crippen LogP contribution >= 0.6 is 0 Å². The van der Waals surface area contributed by atoms with E-state index in [0.717, 1.165) is 65.1 Å². The highest BCUT2D eigenvalue weighted by Crippen LogP contribution is 2.43. The van der Waals surface area contributed by atoms with Gasteiger partial charge < -0.3 is 21.7 Å². The van der Waals surface area contributed by atoms with Crippen LogP contribution in [0.5, 0.6) is 0 Å². The Morgan fingerprint density at radius 2 is 1.35 bits per heavy atom. The fraction of sp³-hybridized carbons (Fsp3) is 0.778. The number of nitrogens with zero attached hydrogens (tertiary/aromatic N) is 1. The van der Waals surface area contributed by atoms with Crippen molar-refractivity contribution in [3.63, 3.8) is 0 Å². The highest BCUT2D eigenvalue weighted by molar-refractivity contribution is 5.27. The maximum atomic E-state index is 5.67. The molecule has 0 amide bonds. The average molecular weight is 433 g/mol. The molecule has 0 saturated heterocycles. The molecule has 0 radical (unpaired) electrons. The van der Waals surface area contributed by atoms with Crippen LogP contribution in [0.2, 0.25) is 0 Å². The monoisotopic (exact) mass is 432 g/mol. The zero-order valence-corrected chi connectivity index (χ0v) is 21.5. The Kier molecular flexibility index (Phi) is 12.9. The third kappa shape index (κ3) is 12.6. The molecule has 1 aromatic rings. The Morgan fingerprint density at radius 3 is 1.84 bits per heavy atom. The number of nitrogens with two attached hydrogens (primary N) is 2. The van der Waals surface area contributed by atoms with Crippen LogP contribution < -0.4 is 16.8 Å². The van der Waals surface area contributed by atoms with Crippen LogP contribution in [0.1, 0.15) is 84.3 Å². The van der Waals surface area contributed by atoms with E-state index < -0.39 is 0 Å². The van der Waals surface area contributed by atoms with Crippen molar-refractivity contribution in [2.24, 2.45) is 22.3 Å². The predicted octanol–water partition coefficient (Wildman–Crippen LogP) is 4.77. The lowest BCUT2D eigenvalue weighted by atomic mass is 9.69. The molecule has 1 atom stereocenters. The molecule has 4 nitrogen and oxygen atoms in total. The molecular formula is C27H52N4. The van der Waals surface area contributed by atoms with Crippen LogP contribution in [0.4, 0.5) is 0 Å². The second-order valence-corrected chi connectivity index (χ2v) is 11.4. The molecule has 1 aromatic carbocycles. The van der Waals surface area contributed by atoms with Crippen LogP contribution in [0.15, 0.2) is 24.3 Å². The summed E-state index contributed by atoms with van der Waals surface area (Å²) in [5, 5.41) is 3.62. The normalized spacial score (nSPS) is 13.7. The quantitative estimate of drug-likeness (QED) is 0.349. The maximum Gasteiger partial charge on any atom is -0.000662 e. The summed E-state index contributed by atoms with van der Waals surface area (Å²) < 4.78 is 0. The Balaban J connectivity index is 2.41. The summed E-state index contributed by atoms with van der Waals surface area (Å²) in [6.07, 6.45) is 5.61. The molecule has 0 saturated carbocycles. The van der Waals surface area contributed by atoms with Crippen molar-refractivity contribution < 1.29 is 0 Å². The zero-order valence-electron chi connectivity index (χ0n) is 21.5. The number of hydrogen-bond acceptors (Lipinski definition) is 4. The van der Waals surface area contributed by atoms with E-state index in [1.54, 1.807) is 0 Å². The fourth-order valence-corrected chi connectivity index (χ4v) is 4.20. The van der Waals surface area contributed by atoms with E-state index in [1.165, 1.54) is 24.0 Å². The van der Waals surface area contributed by atoms with Crippen molar-refractivity contribution in [2.45, 2.75) is 79.6 Å². The van der Waals surface area contributed by atoms with Gasteiger partial charge in [-0.05, 0) is 106 Å². The van der Waals surface area contributed by atoms with E-state index >= 15 is 0 Å². The van der Waals surface area contributed by atoms with Gasteiger partial charge in [0, 0.05) is 0 Å². The molecule has 0 heterocycles. The van der Waals surface area contributed by atoms with Gasteiger partial charge in [0.25, 0.3) is 0 Å². The second-order valence-electron chi connectivity index (χ2n) is 11.4. The summed E-state index contributed by atoms with van der Waals surface area (Å²) in [5.74, 6) is 0.584. The predicted molar refractivity (Wildman–Crippen MR) is 138 cm³/mol. The SMILES string of the molecule is CC(C)(C)CC(c1ccc(CCNCCCN(CCCN)CCCN)cc1)C(C)(C)C. The highest BCUT2D eigenvalue weighted by Gasteiger charge is 2.30. The number of benzene rings is 1. The highest BCUT2D eigenvalue weighted by atomic mass is 15.1. The smallest absolute Gasteiger partial charge is 0.000662 e. The molecular weight excluding hydrogens is 380 g/mol. The van der Waals surface area contributed by atoms with Crippen molar-refractivity contribution in [2.75, 3.05) is 45.8 Å². The van der Waals surface area contributed by atoms with Gasteiger partial charge in [0.05, 0.1) is 0 Å². The summed E-state index contributed by atoms with van der Waals surface area (Å²) in [6, 6.07) is 9.40. The van der Waals surface area contributed by atoms with Crippen LogP contribution in [-0.4, -0.2) is 50.7 Å². The summed E-state index contributed by atoms with van der Waals surface area (Å²) >= 11 is 0. The topological polar surface area (TPSA) is 67.3 Å². The van der Waals surface area contributed by atoms with E-state index in [-0.39, 0.29) is 5.41 Å². The number of nitrogens with one attached hydrogen (secondary N) is 1. The van der Waals surface area contributed by atoms with E-state index in [0.29, 0.717) is 11.3 Å². The van der Waals surface area contributed by atoms with Gasteiger partial charge >= 0.3 is 0 Å². The van der Waals surface area contributed by atoms with Gasteiger partial charge in [-0.1, -0.05) is 65.8 Å². The standard InChI is InChI=1S/C27H52N4/c1-26(2,3)22-25(27(4,5)6)24-12-10-23(11-13-24)14-18-30-17-9-21-31(19-7-15-28)20-8-16-29/h10-13,25,30H,7-9,14-22,28-29H2,1-6H3. The molecule has 31 heavy (non-hydrogen) atoms. The van der Waals surface area contributed by atoms with E-state index in [9.17, 15) is 0 Å². The van der Waals surface area contributed by atoms with Crippen molar-refractivity contribution in [1.29, 1.82) is 0 Å². The molecule has 0 fully saturated rings. The van der Waals surface area contributed by atoms with E-state index in [4.69, 9.17) is 11.5 Å². The molecule has 0 aromatic heterocycles. The first-order valence-corrected chi connectivity index (χ1v) is 12.5. The molecule has 0 spiro atoms. The van der Waals surface area contributed by atoms with Crippen LogP contribution in [-0.2, 0) is 6.42 Å². The first kappa shape index (κ1) is 28.1. The maximum absolute atomic E-state index is 5.67. The number of hydrogen-bond donors (Lipinski definition) is 3. The first-order chi connectivity index (χ1) is 14.6. The lowest BCUT2D eigenvalue weighted by Crippen LogP contribution is -2.31. The van der Waals surface area contributed by atoms with Gasteiger partial charge in [0.1, 0.15) is 0 Å². The lowest BCUT2D eigenvalue weighted by Gasteiger charge is -2.36. The van der Waals surface area contributed by atoms with Gasteiger partial charge in [-0.3, -0.25) is 0 Å². The van der Waals surface area contributed by atoms with Gasteiger partial charge in [-0.25, -0.2) is 0 Å². The Bertz CT molecular complexity index is 560. The summed E-state index contributed by atoms with van der Waals surface area (Å²) in [7, 11) is 0. The Morgan fingerprint density at radius 1 is 0.806 bits per heavy atom. The van der Waals surface area contributed by atoms with Crippen LogP contribution in [0, 0.1) is 10.8 Å². The molecule has 0 aliphatic carbocycles. The Labute approximate surface area is 193 Å². The van der Waals surface area contributed by atoms with Crippen molar-refractivity contribution >= 4 is 0 Å². The summed E-state index contributed by atoms with van der Waals surface area (Å²) in [6.45, 7) is 21.1. The minimum Gasteiger partial charge on any atom is -0.330 e. The fourth-order valence-electron chi connectivity index (χ4n) is 4.20. The average Bonchev–Trinajstić information content (AvgIpc) is 2.69. The molecule has 1 rings (SSSR count). The number of rotatable bonds is 15. The second kappa shape index (κ2) is 14.3. The lowest BCUT2D eigenvalue weighted by molar-refractivity contribution is 0.229. The first-order valence-electron chi connectivity index (χ1n) is 12.5. The van der Waals surface area contributed by atoms with Gasteiger partial charge in [0.2, 0.25) is 0 Å². The molecule has 0 aliphatic heterocycles. The van der Waals surface area contributed by atoms with Gasteiger partial charge in [-0.15, -0.1) is 0 Å². The van der Waals surface area contributed by atoms with Gasteiger partial charge in [0.15, 0.2) is 0 Å². The van der Waals surface area contributed by atoms with Crippen molar-refractivity contribution in [1.82, 2.24) is 10.2 Å². The molecule has 4 heteroatoms. The zero-order chi connectivity index (χ0) is 23.3. The molecule has 0 bridgehead atoms. The molecule has 5 N–H and O–H groups in total. The van der Waals surface area contributed by atoms with Gasteiger partial charge in [-0.2, -0.15) is 0 Å².